The zero-order valence-electron chi connectivity index (χ0n) is 42.8. The van der Waals surface area contributed by atoms with Gasteiger partial charge in [-0.1, -0.05) is 42.5 Å². The van der Waals surface area contributed by atoms with E-state index in [0.29, 0.717) is 48.4 Å². The topological polar surface area (TPSA) is 187 Å². The summed E-state index contributed by atoms with van der Waals surface area (Å²) < 4.78 is 38.2. The number of aldehydes is 2. The number of hydrogen-bond acceptors (Lipinski definition) is 10. The van der Waals surface area contributed by atoms with Gasteiger partial charge in [0.25, 0.3) is 0 Å². The highest BCUT2D eigenvalue weighted by molar-refractivity contribution is 7.70. The minimum Gasteiger partial charge on any atom is -0.497 e. The first-order valence-corrected chi connectivity index (χ1v) is 29.1. The maximum Gasteiger partial charge on any atom is 0.150 e. The van der Waals surface area contributed by atoms with Gasteiger partial charge in [-0.15, -0.1) is 0 Å². The SMILES string of the molecule is COc1ccc(CCc2ccc(CCO)cc2P(C)(C)=O)cc1.COc1ccc(CNc2ccc(CCn3c(C#N)cc4c(C)c(C=O)ccc43)cc2P(C)(C)=O)cc1.Cc1c(C=O)ccc2[nH]c(C#N)cc12. The van der Waals surface area contributed by atoms with Crippen LogP contribution < -0.4 is 25.4 Å². The molecule has 0 saturated heterocycles. The summed E-state index contributed by atoms with van der Waals surface area (Å²) in [6.45, 7) is 12.3. The summed E-state index contributed by atoms with van der Waals surface area (Å²) >= 11 is 0. The molecule has 73 heavy (non-hydrogen) atoms. The summed E-state index contributed by atoms with van der Waals surface area (Å²) in [5, 5.41) is 34.6. The third-order valence-corrected chi connectivity index (χ3v) is 16.0. The number of hydrogen-bond donors (Lipinski definition) is 3. The van der Waals surface area contributed by atoms with Crippen molar-refractivity contribution in [2.24, 2.45) is 0 Å². The Morgan fingerprint density at radius 2 is 1.19 bits per heavy atom. The van der Waals surface area contributed by atoms with Crippen LogP contribution in [0.25, 0.3) is 21.8 Å². The van der Waals surface area contributed by atoms with Crippen molar-refractivity contribution in [2.45, 2.75) is 52.6 Å². The highest BCUT2D eigenvalue weighted by Gasteiger charge is 2.19. The number of fused-ring (bicyclic) bond motifs is 2. The van der Waals surface area contributed by atoms with Crippen LogP contribution in [0.3, 0.4) is 0 Å². The summed E-state index contributed by atoms with van der Waals surface area (Å²) in [5.74, 6) is 1.67. The molecule has 0 aliphatic rings. The van der Waals surface area contributed by atoms with E-state index < -0.39 is 14.3 Å². The van der Waals surface area contributed by atoms with Gasteiger partial charge in [0.2, 0.25) is 0 Å². The predicted molar refractivity (Wildman–Crippen MR) is 296 cm³/mol. The number of nitrogens with zero attached hydrogens (tertiary/aromatic N) is 3. The zero-order valence-corrected chi connectivity index (χ0v) is 44.6. The van der Waals surface area contributed by atoms with Gasteiger partial charge in [0, 0.05) is 68.9 Å². The second kappa shape index (κ2) is 24.8. The molecule has 0 aliphatic heterocycles. The number of nitriles is 2. The van der Waals surface area contributed by atoms with E-state index in [9.17, 15) is 24.0 Å². The van der Waals surface area contributed by atoms with Crippen molar-refractivity contribution in [3.8, 4) is 23.6 Å². The molecule has 0 atom stereocenters. The first-order chi connectivity index (χ1) is 34.9. The van der Waals surface area contributed by atoms with E-state index in [1.165, 1.54) is 5.56 Å². The van der Waals surface area contributed by atoms with Gasteiger partial charge in [0.1, 0.15) is 61.9 Å². The molecule has 2 aromatic heterocycles. The average molecular weight is 1020 g/mol. The summed E-state index contributed by atoms with van der Waals surface area (Å²) in [7, 11) is -1.58. The molecule has 2 heterocycles. The van der Waals surface area contributed by atoms with E-state index in [1.807, 2.05) is 123 Å². The summed E-state index contributed by atoms with van der Waals surface area (Å²) in [5.41, 5.74) is 12.4. The quantitative estimate of drug-likeness (QED) is 0.0585. The van der Waals surface area contributed by atoms with Gasteiger partial charge in [-0.25, -0.2) is 0 Å². The lowest BCUT2D eigenvalue weighted by atomic mass is 10.0. The van der Waals surface area contributed by atoms with Crippen LogP contribution in [0.1, 0.15) is 71.0 Å². The molecule has 14 heteroatoms. The lowest BCUT2D eigenvalue weighted by Crippen LogP contribution is -2.14. The van der Waals surface area contributed by atoms with Crippen LogP contribution in [-0.4, -0.2) is 74.7 Å². The van der Waals surface area contributed by atoms with Crippen LogP contribution in [0.15, 0.2) is 121 Å². The van der Waals surface area contributed by atoms with Gasteiger partial charge >= 0.3 is 0 Å². The largest absolute Gasteiger partial charge is 0.497 e. The van der Waals surface area contributed by atoms with E-state index >= 15 is 0 Å². The van der Waals surface area contributed by atoms with Crippen LogP contribution in [0.2, 0.25) is 0 Å². The van der Waals surface area contributed by atoms with Crippen LogP contribution >= 0.6 is 14.3 Å². The van der Waals surface area contributed by atoms with E-state index in [2.05, 4.69) is 34.6 Å². The normalized spacial score (nSPS) is 11.1. The number of anilines is 1. The van der Waals surface area contributed by atoms with Crippen LogP contribution in [0.4, 0.5) is 5.69 Å². The van der Waals surface area contributed by atoms with Gasteiger partial charge in [-0.2, -0.15) is 10.5 Å². The number of H-pyrrole nitrogens is 1. The Bertz CT molecular complexity index is 3420. The fraction of sp³-hybridized carbons (Fsp3) is 0.254. The number of aromatic amines is 1. The van der Waals surface area contributed by atoms with Crippen LogP contribution in [-0.2, 0) is 47.9 Å². The van der Waals surface area contributed by atoms with Crippen LogP contribution in [0.5, 0.6) is 11.5 Å². The molecular weight excluding hydrogens is 953 g/mol. The maximum atomic E-state index is 13.2. The molecule has 8 rings (SSSR count). The number of ether oxygens (including phenoxy) is 2. The van der Waals surface area contributed by atoms with Crippen molar-refractivity contribution in [2.75, 3.05) is 52.8 Å². The third-order valence-electron chi connectivity index (χ3n) is 12.9. The standard InChI is InChI=1S/C29H30N3O3P.C19H25O3P.C11H8N2O/c1-20-23(19-33)8-12-28-26(20)16-24(17-30)32(28)14-13-21-7-11-27(29(15-21)36(3,4)34)31-18-22-5-9-25(35-2)10-6-22;1-22-18-10-6-15(7-11-18)4-8-17-9-5-16(12-13-20)14-19(17)23(2,3)21;1-7-8(6-14)2-3-11-10(7)4-9(5-12)13-11/h5-12,15-16,19,31H,13-14,18H2,1-4H3;5-7,9-11,14,20H,4,8,12-13H2,1-3H3;2-4,6,13H,1H3. The summed E-state index contributed by atoms with van der Waals surface area (Å²) in [4.78, 5) is 25.0. The van der Waals surface area contributed by atoms with Gasteiger partial charge in [-0.3, -0.25) is 9.59 Å². The van der Waals surface area contributed by atoms with E-state index in [0.717, 1.165) is 108 Å². The predicted octanol–water partition coefficient (Wildman–Crippen LogP) is 11.2. The Hall–Kier alpha value is -7.46. The fourth-order valence-corrected chi connectivity index (χ4v) is 11.3. The highest BCUT2D eigenvalue weighted by atomic mass is 31.2. The molecule has 3 N–H and O–H groups in total. The van der Waals surface area contributed by atoms with Crippen LogP contribution in [0, 0.1) is 36.5 Å². The van der Waals surface area contributed by atoms with Gasteiger partial charge < -0.3 is 38.6 Å². The fourth-order valence-electron chi connectivity index (χ4n) is 8.70. The summed E-state index contributed by atoms with van der Waals surface area (Å²) in [6, 6.07) is 43.3. The number of aliphatic hydroxyl groups is 1. The number of nitrogens with one attached hydrogen (secondary N) is 2. The minimum absolute atomic E-state index is 0.113. The van der Waals surface area contributed by atoms with E-state index in [4.69, 9.17) is 19.8 Å². The van der Waals surface area contributed by atoms with E-state index in [1.54, 1.807) is 45.7 Å². The molecular formula is C59H63N5O7P2. The molecule has 376 valence electrons. The molecule has 0 unspecified atom stereocenters. The monoisotopic (exact) mass is 1020 g/mol. The van der Waals surface area contributed by atoms with Crippen molar-refractivity contribution >= 4 is 65.0 Å². The number of benzene rings is 6. The van der Waals surface area contributed by atoms with Gasteiger partial charge in [0.05, 0.1) is 14.2 Å². The molecule has 8 aromatic rings. The molecule has 12 nitrogen and oxygen atoms in total. The number of rotatable bonds is 17. The molecule has 0 saturated carbocycles. The second-order valence-corrected chi connectivity index (χ2v) is 24.9. The first kappa shape index (κ1) is 54.9. The molecule has 0 bridgehead atoms. The Labute approximate surface area is 428 Å². The Balaban J connectivity index is 0.000000199. The van der Waals surface area contributed by atoms with Gasteiger partial charge in [-0.05, 0) is 184 Å². The van der Waals surface area contributed by atoms with Crippen molar-refractivity contribution in [1.82, 2.24) is 9.55 Å². The number of carbonyl (C=O) groups excluding carboxylic acids is 2. The molecule has 0 radical (unpaired) electrons. The minimum atomic E-state index is -2.55. The van der Waals surface area contributed by atoms with Crippen molar-refractivity contribution in [1.29, 1.82) is 10.5 Å². The van der Waals surface area contributed by atoms with Crippen molar-refractivity contribution in [3.63, 3.8) is 0 Å². The average Bonchev–Trinajstić information content (AvgIpc) is 4.00. The highest BCUT2D eigenvalue weighted by Crippen LogP contribution is 2.39. The van der Waals surface area contributed by atoms with Crippen molar-refractivity contribution < 1.29 is 33.3 Å². The first-order valence-electron chi connectivity index (χ1n) is 23.9. The zero-order chi connectivity index (χ0) is 52.9. The molecule has 0 amide bonds. The lowest BCUT2D eigenvalue weighted by Gasteiger charge is -2.17. The summed E-state index contributed by atoms with van der Waals surface area (Å²) in [6.07, 6.45) is 4.71. The Kier molecular flexibility index (Phi) is 18.6. The maximum absolute atomic E-state index is 13.2. The molecule has 6 aromatic carbocycles. The second-order valence-electron chi connectivity index (χ2n) is 18.6. The molecule has 0 spiro atoms. The Morgan fingerprint density at radius 3 is 1.77 bits per heavy atom. The number of aliphatic hydroxyl groups excluding tert-OH is 1. The van der Waals surface area contributed by atoms with Crippen molar-refractivity contribution in [3.05, 3.63) is 183 Å². The number of carbonyl (C=O) groups is 2. The third kappa shape index (κ3) is 13.9. The van der Waals surface area contributed by atoms with Gasteiger partial charge in [0.15, 0.2) is 0 Å². The number of aromatic nitrogens is 2. The smallest absolute Gasteiger partial charge is 0.150 e. The Morgan fingerprint density at radius 1 is 0.630 bits per heavy atom. The molecule has 0 fully saturated rings. The lowest BCUT2D eigenvalue weighted by molar-refractivity contribution is 0.111. The number of methoxy groups -OCH3 is 2. The van der Waals surface area contributed by atoms with E-state index in [-0.39, 0.29) is 6.61 Å². The number of aryl methyl sites for hydroxylation is 6. The molecule has 0 aliphatic carbocycles.